The van der Waals surface area contributed by atoms with Crippen LogP contribution < -0.4 is 5.32 Å². The van der Waals surface area contributed by atoms with Gasteiger partial charge in [0.05, 0.1) is 32.0 Å². The van der Waals surface area contributed by atoms with Crippen LogP contribution in [0.1, 0.15) is 5.56 Å². The molecule has 1 amide bonds. The lowest BCUT2D eigenvalue weighted by atomic mass is 10.2. The van der Waals surface area contributed by atoms with Crippen LogP contribution in [0, 0.1) is 6.92 Å². The number of para-hydroxylation sites is 1. The van der Waals surface area contributed by atoms with Crippen molar-refractivity contribution in [1.82, 2.24) is 15.0 Å². The van der Waals surface area contributed by atoms with E-state index in [0.717, 1.165) is 42.5 Å². The smallest absolute Gasteiger partial charge is 0.234 e. The van der Waals surface area contributed by atoms with E-state index in [1.165, 1.54) is 11.8 Å². The molecule has 2 aromatic heterocycles. The molecule has 0 spiro atoms. The van der Waals surface area contributed by atoms with Gasteiger partial charge in [-0.15, -0.1) is 11.3 Å². The maximum absolute atomic E-state index is 12.4. The molecule has 0 aliphatic carbocycles. The van der Waals surface area contributed by atoms with Gasteiger partial charge in [-0.05, 0) is 55.0 Å². The normalized spacial score (nSPS) is 11.3. The fraction of sp³-hybridized carbons (Fsp3) is 0.0870. The molecule has 5 nitrogen and oxygen atoms in total. The summed E-state index contributed by atoms with van der Waals surface area (Å²) in [4.78, 5) is 24.8. The number of amides is 1. The lowest BCUT2D eigenvalue weighted by Crippen LogP contribution is -2.14. The number of carbonyl (C=O) groups excluding carboxylic acids is 1. The maximum Gasteiger partial charge on any atom is 0.234 e. The summed E-state index contributed by atoms with van der Waals surface area (Å²) in [7, 11) is 0. The molecule has 2 heterocycles. The van der Waals surface area contributed by atoms with Crippen LogP contribution in [0.2, 0.25) is 5.02 Å². The standard InChI is InChI=1S/C23H17ClN4OS2/c1-13-6-9-17-19(10-13)28-23(27-17)30-12-21(29)25-14-7-8-15(16(24)11-14)22-26-18-4-2-3-5-20(18)31-22/h2-11H,12H2,1H3,(H,25,29)(H,27,28). The molecule has 0 saturated carbocycles. The van der Waals surface area contributed by atoms with Crippen molar-refractivity contribution in [3.05, 3.63) is 71.2 Å². The number of thiazole rings is 1. The number of aromatic nitrogens is 3. The molecule has 0 atom stereocenters. The third-order valence-electron chi connectivity index (χ3n) is 4.73. The number of halogens is 1. The summed E-state index contributed by atoms with van der Waals surface area (Å²) >= 11 is 9.46. The van der Waals surface area contributed by atoms with E-state index in [4.69, 9.17) is 11.6 Å². The first kappa shape index (κ1) is 20.1. The number of fused-ring (bicyclic) bond motifs is 2. The monoisotopic (exact) mass is 464 g/mol. The van der Waals surface area contributed by atoms with Crippen LogP contribution in [0.5, 0.6) is 0 Å². The third-order valence-corrected chi connectivity index (χ3v) is 6.99. The molecular formula is C23H17ClN4OS2. The summed E-state index contributed by atoms with van der Waals surface area (Å²) in [5, 5.41) is 5.03. The Labute approximate surface area is 191 Å². The maximum atomic E-state index is 12.4. The Morgan fingerprint density at radius 3 is 2.81 bits per heavy atom. The van der Waals surface area contributed by atoms with E-state index in [1.807, 2.05) is 61.5 Å². The molecule has 0 unspecified atom stereocenters. The summed E-state index contributed by atoms with van der Waals surface area (Å²) in [6.07, 6.45) is 0. The van der Waals surface area contributed by atoms with Crippen molar-refractivity contribution in [1.29, 1.82) is 0 Å². The molecule has 0 aliphatic rings. The van der Waals surface area contributed by atoms with Crippen LogP contribution in [0.4, 0.5) is 5.69 Å². The molecule has 5 rings (SSSR count). The predicted octanol–water partition coefficient (Wildman–Crippen LogP) is 6.53. The van der Waals surface area contributed by atoms with E-state index in [0.29, 0.717) is 10.7 Å². The average Bonchev–Trinajstić information content (AvgIpc) is 3.35. The highest BCUT2D eigenvalue weighted by Gasteiger charge is 2.12. The van der Waals surface area contributed by atoms with Gasteiger partial charge in [0.15, 0.2) is 5.16 Å². The van der Waals surface area contributed by atoms with Gasteiger partial charge >= 0.3 is 0 Å². The minimum Gasteiger partial charge on any atom is -0.333 e. The number of aromatic amines is 1. The highest BCUT2D eigenvalue weighted by molar-refractivity contribution is 7.99. The van der Waals surface area contributed by atoms with E-state index >= 15 is 0 Å². The number of nitrogens with one attached hydrogen (secondary N) is 2. The van der Waals surface area contributed by atoms with Crippen molar-refractivity contribution in [2.24, 2.45) is 0 Å². The molecule has 0 saturated heterocycles. The number of imidazole rings is 1. The minimum absolute atomic E-state index is 0.120. The predicted molar refractivity (Wildman–Crippen MR) is 130 cm³/mol. The van der Waals surface area contributed by atoms with E-state index < -0.39 is 0 Å². The number of carbonyl (C=O) groups is 1. The second-order valence-electron chi connectivity index (χ2n) is 7.08. The fourth-order valence-corrected chi connectivity index (χ4v) is 5.27. The van der Waals surface area contributed by atoms with Crippen LogP contribution in [-0.2, 0) is 4.79 Å². The molecule has 154 valence electrons. The second-order valence-corrected chi connectivity index (χ2v) is 9.48. The van der Waals surface area contributed by atoms with Crippen LogP contribution in [0.15, 0.2) is 65.8 Å². The Morgan fingerprint density at radius 2 is 1.97 bits per heavy atom. The summed E-state index contributed by atoms with van der Waals surface area (Å²) in [5.41, 5.74) is 5.49. The van der Waals surface area contributed by atoms with Crippen LogP contribution in [0.25, 0.3) is 31.8 Å². The number of H-pyrrole nitrogens is 1. The Hall–Kier alpha value is -2.87. The van der Waals surface area contributed by atoms with Gasteiger partial charge in [0, 0.05) is 11.3 Å². The highest BCUT2D eigenvalue weighted by Crippen LogP contribution is 2.35. The molecular weight excluding hydrogens is 448 g/mol. The third kappa shape index (κ3) is 4.30. The first-order valence-corrected chi connectivity index (χ1v) is 11.8. The van der Waals surface area contributed by atoms with Gasteiger partial charge in [-0.3, -0.25) is 4.79 Å². The molecule has 0 bridgehead atoms. The molecule has 3 aromatic carbocycles. The quantitative estimate of drug-likeness (QED) is 0.290. The van der Waals surface area contributed by atoms with Gasteiger partial charge in [0.2, 0.25) is 5.91 Å². The van der Waals surface area contributed by atoms with Crippen molar-refractivity contribution in [3.8, 4) is 10.6 Å². The molecule has 0 fully saturated rings. The number of hydrogen-bond acceptors (Lipinski definition) is 5. The molecule has 31 heavy (non-hydrogen) atoms. The Bertz CT molecular complexity index is 1390. The van der Waals surface area contributed by atoms with Crippen molar-refractivity contribution in [2.45, 2.75) is 12.1 Å². The SMILES string of the molecule is Cc1ccc2nc(SCC(=O)Nc3ccc(-c4nc5ccccc5s4)c(Cl)c3)[nH]c2c1. The summed E-state index contributed by atoms with van der Waals surface area (Å²) < 4.78 is 1.11. The Kier molecular flexibility index (Phi) is 5.40. The lowest BCUT2D eigenvalue weighted by molar-refractivity contribution is -0.113. The largest absolute Gasteiger partial charge is 0.333 e. The van der Waals surface area contributed by atoms with Gasteiger partial charge in [-0.1, -0.05) is 41.6 Å². The zero-order valence-electron chi connectivity index (χ0n) is 16.5. The summed E-state index contributed by atoms with van der Waals surface area (Å²) in [6, 6.07) is 19.5. The number of thioether (sulfide) groups is 1. The fourth-order valence-electron chi connectivity index (χ4n) is 3.25. The lowest BCUT2D eigenvalue weighted by Gasteiger charge is -2.07. The number of nitrogens with zero attached hydrogens (tertiary/aromatic N) is 2. The van der Waals surface area contributed by atoms with E-state index in [1.54, 1.807) is 17.4 Å². The van der Waals surface area contributed by atoms with Gasteiger partial charge in [-0.25, -0.2) is 9.97 Å². The van der Waals surface area contributed by atoms with E-state index in [9.17, 15) is 4.79 Å². The van der Waals surface area contributed by atoms with Crippen LogP contribution in [0.3, 0.4) is 0 Å². The molecule has 2 N–H and O–H groups in total. The van der Waals surface area contributed by atoms with Gasteiger partial charge < -0.3 is 10.3 Å². The highest BCUT2D eigenvalue weighted by atomic mass is 35.5. The average molecular weight is 465 g/mol. The zero-order chi connectivity index (χ0) is 21.4. The molecule has 0 radical (unpaired) electrons. The van der Waals surface area contributed by atoms with Crippen LogP contribution in [-0.4, -0.2) is 26.6 Å². The summed E-state index contributed by atoms with van der Waals surface area (Å²) in [5.74, 6) is 0.126. The van der Waals surface area contributed by atoms with Crippen molar-refractivity contribution in [2.75, 3.05) is 11.1 Å². The van der Waals surface area contributed by atoms with Crippen molar-refractivity contribution >= 4 is 67.5 Å². The molecule has 0 aliphatic heterocycles. The molecule has 8 heteroatoms. The second kappa shape index (κ2) is 8.34. The Balaban J connectivity index is 1.26. The van der Waals surface area contributed by atoms with Gasteiger partial charge in [-0.2, -0.15) is 0 Å². The number of anilines is 1. The molecule has 5 aromatic rings. The van der Waals surface area contributed by atoms with E-state index in [2.05, 4.69) is 20.3 Å². The summed E-state index contributed by atoms with van der Waals surface area (Å²) in [6.45, 7) is 2.04. The minimum atomic E-state index is -0.120. The topological polar surface area (TPSA) is 70.7 Å². The first-order chi connectivity index (χ1) is 15.0. The first-order valence-electron chi connectivity index (χ1n) is 9.60. The van der Waals surface area contributed by atoms with Crippen molar-refractivity contribution < 1.29 is 4.79 Å². The number of aryl methyl sites for hydroxylation is 1. The Morgan fingerprint density at radius 1 is 1.10 bits per heavy atom. The van der Waals surface area contributed by atoms with Crippen molar-refractivity contribution in [3.63, 3.8) is 0 Å². The van der Waals surface area contributed by atoms with E-state index in [-0.39, 0.29) is 11.7 Å². The van der Waals surface area contributed by atoms with Gasteiger partial charge in [0.1, 0.15) is 5.01 Å². The number of rotatable bonds is 5. The zero-order valence-corrected chi connectivity index (χ0v) is 18.9. The van der Waals surface area contributed by atoms with Gasteiger partial charge in [0.25, 0.3) is 0 Å². The number of hydrogen-bond donors (Lipinski definition) is 2. The van der Waals surface area contributed by atoms with Crippen LogP contribution >= 0.6 is 34.7 Å². The number of benzene rings is 3.